The second-order valence-corrected chi connectivity index (χ2v) is 8.17. The fraction of sp³-hybridized carbons (Fsp3) is 0.368. The molecule has 0 saturated carbocycles. The molecule has 0 amide bonds. The molecule has 2 N–H and O–H groups in total. The van der Waals surface area contributed by atoms with Gasteiger partial charge in [-0.25, -0.2) is 0 Å². The van der Waals surface area contributed by atoms with Crippen molar-refractivity contribution >= 4 is 13.2 Å². The lowest BCUT2D eigenvalue weighted by molar-refractivity contribution is 0.786. The van der Waals surface area contributed by atoms with Gasteiger partial charge in [-0.05, 0) is 48.1 Å². The Morgan fingerprint density at radius 1 is 1.41 bits per heavy atom. The van der Waals surface area contributed by atoms with Crippen LogP contribution in [0, 0.1) is 0 Å². The molecule has 3 heteroatoms. The van der Waals surface area contributed by atoms with Gasteiger partial charge in [-0.15, -0.1) is 6.58 Å². The summed E-state index contributed by atoms with van der Waals surface area (Å²) in [6, 6.07) is 6.80. The normalized spacial score (nSPS) is 17.9. The lowest BCUT2D eigenvalue weighted by atomic mass is 10.1. The Morgan fingerprint density at radius 3 is 2.82 bits per heavy atom. The minimum absolute atomic E-state index is 0.300. The maximum absolute atomic E-state index is 4.42. The Labute approximate surface area is 136 Å². The minimum atomic E-state index is -0.300. The molecule has 0 fully saturated rings. The van der Waals surface area contributed by atoms with E-state index in [0.29, 0.717) is 5.66 Å². The van der Waals surface area contributed by atoms with Crippen LogP contribution in [0.4, 0.5) is 0 Å². The molecule has 2 rings (SSSR count). The molecule has 0 saturated heterocycles. The third kappa shape index (κ3) is 3.51. The van der Waals surface area contributed by atoms with Gasteiger partial charge in [0, 0.05) is 24.9 Å². The summed E-state index contributed by atoms with van der Waals surface area (Å²) >= 11 is 0. The maximum Gasteiger partial charge on any atom is 0.0230 e. The van der Waals surface area contributed by atoms with Crippen LogP contribution in [0.25, 0.3) is 5.31 Å². The van der Waals surface area contributed by atoms with E-state index in [1.54, 1.807) is 0 Å². The SMILES string of the molecule is C=CCCC(C(=C)NC)P1Cc2cc(CNC)ccc2C1=C. The molecule has 0 radical (unpaired) electrons. The smallest absolute Gasteiger partial charge is 0.0230 e. The summed E-state index contributed by atoms with van der Waals surface area (Å²) in [5.41, 5.74) is 5.78. The van der Waals surface area contributed by atoms with Gasteiger partial charge in [0.2, 0.25) is 0 Å². The number of nitrogens with one attached hydrogen (secondary N) is 2. The lowest BCUT2D eigenvalue weighted by Gasteiger charge is -2.26. The van der Waals surface area contributed by atoms with Crippen molar-refractivity contribution in [1.82, 2.24) is 10.6 Å². The van der Waals surface area contributed by atoms with Crippen molar-refractivity contribution < 1.29 is 0 Å². The molecule has 1 aromatic carbocycles. The van der Waals surface area contributed by atoms with Gasteiger partial charge in [-0.1, -0.05) is 45.4 Å². The van der Waals surface area contributed by atoms with Crippen molar-refractivity contribution in [2.24, 2.45) is 0 Å². The first-order valence-corrected chi connectivity index (χ1v) is 9.41. The van der Waals surface area contributed by atoms with Crippen molar-refractivity contribution in [3.8, 4) is 0 Å². The fourth-order valence-electron chi connectivity index (χ4n) is 3.07. The van der Waals surface area contributed by atoms with Gasteiger partial charge >= 0.3 is 0 Å². The summed E-state index contributed by atoms with van der Waals surface area (Å²) in [5.74, 6) is 0. The van der Waals surface area contributed by atoms with Gasteiger partial charge in [0.25, 0.3) is 0 Å². The Morgan fingerprint density at radius 2 is 2.18 bits per heavy atom. The third-order valence-corrected chi connectivity index (χ3v) is 7.23. The first-order valence-electron chi connectivity index (χ1n) is 7.82. The minimum Gasteiger partial charge on any atom is -0.391 e. The van der Waals surface area contributed by atoms with Gasteiger partial charge in [0.05, 0.1) is 0 Å². The molecule has 1 heterocycles. The number of benzene rings is 1. The average molecular weight is 314 g/mol. The van der Waals surface area contributed by atoms with E-state index in [0.717, 1.165) is 31.2 Å². The van der Waals surface area contributed by atoms with Crippen LogP contribution in [0.15, 0.2) is 49.7 Å². The molecule has 0 aromatic heterocycles. The monoisotopic (exact) mass is 314 g/mol. The average Bonchev–Trinajstić information content (AvgIpc) is 2.84. The highest BCUT2D eigenvalue weighted by atomic mass is 31.1. The van der Waals surface area contributed by atoms with Crippen molar-refractivity contribution in [1.29, 1.82) is 0 Å². The summed E-state index contributed by atoms with van der Waals surface area (Å²) in [5, 5.41) is 7.81. The zero-order chi connectivity index (χ0) is 16.1. The Kier molecular flexibility index (Phi) is 5.99. The van der Waals surface area contributed by atoms with Crippen LogP contribution >= 0.6 is 7.92 Å². The molecule has 1 aromatic rings. The highest BCUT2D eigenvalue weighted by molar-refractivity contribution is 7.69. The molecule has 0 spiro atoms. The number of rotatable bonds is 8. The van der Waals surface area contributed by atoms with Crippen LogP contribution in [0.3, 0.4) is 0 Å². The molecule has 0 aliphatic carbocycles. The lowest BCUT2D eigenvalue weighted by Crippen LogP contribution is -2.18. The van der Waals surface area contributed by atoms with Crippen LogP contribution in [0.1, 0.15) is 29.5 Å². The quantitative estimate of drug-likeness (QED) is 0.547. The number of allylic oxidation sites excluding steroid dienone is 2. The molecule has 2 unspecified atom stereocenters. The van der Waals surface area contributed by atoms with Crippen molar-refractivity contribution in [2.45, 2.75) is 31.2 Å². The summed E-state index contributed by atoms with van der Waals surface area (Å²) in [6.45, 7) is 13.4. The number of hydrogen-bond acceptors (Lipinski definition) is 2. The highest BCUT2D eigenvalue weighted by Crippen LogP contribution is 2.64. The Hall–Kier alpha value is -1.37. The van der Waals surface area contributed by atoms with E-state index < -0.39 is 0 Å². The Balaban J connectivity index is 2.24. The van der Waals surface area contributed by atoms with Crippen LogP contribution < -0.4 is 10.6 Å². The van der Waals surface area contributed by atoms with Crippen molar-refractivity contribution in [2.75, 3.05) is 14.1 Å². The van der Waals surface area contributed by atoms with Gasteiger partial charge in [0.1, 0.15) is 0 Å². The van der Waals surface area contributed by atoms with Crippen LogP contribution in [-0.4, -0.2) is 19.8 Å². The molecule has 2 atom stereocenters. The second-order valence-electron chi connectivity index (χ2n) is 5.75. The van der Waals surface area contributed by atoms with Crippen LogP contribution in [-0.2, 0) is 12.7 Å². The molecule has 22 heavy (non-hydrogen) atoms. The van der Waals surface area contributed by atoms with Gasteiger partial charge in [-0.3, -0.25) is 0 Å². The summed E-state index contributed by atoms with van der Waals surface area (Å²) < 4.78 is 0. The first-order chi connectivity index (χ1) is 10.6. The highest BCUT2D eigenvalue weighted by Gasteiger charge is 2.32. The number of fused-ring (bicyclic) bond motifs is 1. The van der Waals surface area contributed by atoms with Crippen molar-refractivity contribution in [3.05, 3.63) is 66.4 Å². The molecular weight excluding hydrogens is 287 g/mol. The molecule has 2 nitrogen and oxygen atoms in total. The van der Waals surface area contributed by atoms with Gasteiger partial charge in [0.15, 0.2) is 0 Å². The first kappa shape index (κ1) is 17.0. The predicted octanol–water partition coefficient (Wildman–Crippen LogP) is 4.44. The standard InChI is InChI=1S/C19H27N2P/c1-6-7-8-19(14(2)21-5)22-13-17-11-16(12-20-4)9-10-18(17)15(22)3/h6,9-11,19-21H,1-3,7-8,12-13H2,4-5H3. The largest absolute Gasteiger partial charge is 0.391 e. The van der Waals surface area contributed by atoms with E-state index in [-0.39, 0.29) is 7.92 Å². The predicted molar refractivity (Wildman–Crippen MR) is 100 cm³/mol. The van der Waals surface area contributed by atoms with E-state index in [2.05, 4.69) is 48.6 Å². The Bertz CT molecular complexity index is 577. The second kappa shape index (κ2) is 7.76. The van der Waals surface area contributed by atoms with Gasteiger partial charge in [-0.2, -0.15) is 0 Å². The topological polar surface area (TPSA) is 24.1 Å². The van der Waals surface area contributed by atoms with Gasteiger partial charge < -0.3 is 10.6 Å². The van der Waals surface area contributed by atoms with Crippen LogP contribution in [0.5, 0.6) is 0 Å². The molecule has 118 valence electrons. The summed E-state index contributed by atoms with van der Waals surface area (Å²) in [4.78, 5) is 0. The zero-order valence-electron chi connectivity index (χ0n) is 13.8. The molecule has 1 aliphatic heterocycles. The maximum atomic E-state index is 4.42. The molecule has 1 aliphatic rings. The zero-order valence-corrected chi connectivity index (χ0v) is 14.7. The van der Waals surface area contributed by atoms with E-state index in [4.69, 9.17) is 0 Å². The summed E-state index contributed by atoms with van der Waals surface area (Å²) in [6.07, 6.45) is 5.26. The number of hydrogen-bond donors (Lipinski definition) is 2. The van der Waals surface area contributed by atoms with Crippen LogP contribution in [0.2, 0.25) is 0 Å². The van der Waals surface area contributed by atoms with E-state index in [1.807, 2.05) is 20.2 Å². The molecular formula is C19H27N2P. The van der Waals surface area contributed by atoms with E-state index in [1.165, 1.54) is 22.0 Å². The van der Waals surface area contributed by atoms with E-state index in [9.17, 15) is 0 Å². The fourth-order valence-corrected chi connectivity index (χ4v) is 5.98. The van der Waals surface area contributed by atoms with Crippen molar-refractivity contribution in [3.63, 3.8) is 0 Å². The molecule has 0 bridgehead atoms. The summed E-state index contributed by atoms with van der Waals surface area (Å²) in [7, 11) is 3.66. The third-order valence-electron chi connectivity index (χ3n) is 4.29. The van der Waals surface area contributed by atoms with E-state index >= 15 is 0 Å².